The average Bonchev–Trinajstić information content (AvgIpc) is 3.29. The van der Waals surface area contributed by atoms with Crippen LogP contribution in [0.5, 0.6) is 0 Å². The number of allylic oxidation sites excluding steroid dienone is 12. The summed E-state index contributed by atoms with van der Waals surface area (Å²) >= 11 is 0. The van der Waals surface area contributed by atoms with Crippen molar-refractivity contribution in [3.05, 3.63) is 72.9 Å². The summed E-state index contributed by atoms with van der Waals surface area (Å²) in [6, 6.07) is 0. The SMILES string of the molecule is CC/C=C\C/C=C\C/C=C\CCCCCCCCCC(=O)OCC(COP(=O)(O)OC1C(O)C(O)C(O)C(O)C1O)OC(=O)CCCCCCCC/C=C\C/C=C\C/C=C\CCCCC. The lowest BCUT2D eigenvalue weighted by atomic mass is 9.85. The van der Waals surface area contributed by atoms with E-state index in [1.54, 1.807) is 0 Å². The molecule has 14 heteroatoms. The topological polar surface area (TPSA) is 210 Å². The van der Waals surface area contributed by atoms with Gasteiger partial charge in [-0.2, -0.15) is 0 Å². The Balaban J connectivity index is 2.44. The van der Waals surface area contributed by atoms with Crippen molar-refractivity contribution in [3.63, 3.8) is 0 Å². The Kier molecular flexibility index (Phi) is 37.5. The molecule has 0 aromatic rings. The summed E-state index contributed by atoms with van der Waals surface area (Å²) in [5.41, 5.74) is 0. The highest BCUT2D eigenvalue weighted by Crippen LogP contribution is 2.47. The third-order valence-electron chi connectivity index (χ3n) is 11.0. The Bertz CT molecular complexity index is 1410. The van der Waals surface area contributed by atoms with E-state index in [2.05, 4.69) is 86.8 Å². The van der Waals surface area contributed by atoms with Crippen LogP contribution in [0, 0.1) is 0 Å². The number of carbonyl (C=O) groups is 2. The number of aliphatic hydroxyl groups is 5. The van der Waals surface area contributed by atoms with Crippen molar-refractivity contribution in [1.29, 1.82) is 0 Å². The van der Waals surface area contributed by atoms with Gasteiger partial charge in [0.2, 0.25) is 0 Å². The number of unbranched alkanes of at least 4 members (excludes halogenated alkanes) is 16. The highest BCUT2D eigenvalue weighted by molar-refractivity contribution is 7.47. The van der Waals surface area contributed by atoms with E-state index in [1.807, 2.05) is 0 Å². The smallest absolute Gasteiger partial charge is 0.462 e. The fourth-order valence-corrected chi connectivity index (χ4v) is 8.05. The Morgan fingerprint density at radius 3 is 1.34 bits per heavy atom. The minimum Gasteiger partial charge on any atom is -0.462 e. The third kappa shape index (κ3) is 32.6. The third-order valence-corrected chi connectivity index (χ3v) is 12.0. The Morgan fingerprint density at radius 2 is 0.877 bits per heavy atom. The quantitative estimate of drug-likeness (QED) is 0.0146. The molecule has 6 unspecified atom stereocenters. The lowest BCUT2D eigenvalue weighted by Gasteiger charge is -2.41. The maximum Gasteiger partial charge on any atom is 0.472 e. The summed E-state index contributed by atoms with van der Waals surface area (Å²) in [5, 5.41) is 50.2. The highest BCUT2D eigenvalue weighted by atomic mass is 31.2. The van der Waals surface area contributed by atoms with Crippen LogP contribution in [0.15, 0.2) is 72.9 Å². The van der Waals surface area contributed by atoms with Gasteiger partial charge in [-0.3, -0.25) is 18.6 Å². The predicted octanol–water partition coefficient (Wildman–Crippen LogP) is 10.3. The molecule has 0 spiro atoms. The second-order valence-electron chi connectivity index (χ2n) is 16.9. The van der Waals surface area contributed by atoms with Crippen molar-refractivity contribution in [3.8, 4) is 0 Å². The van der Waals surface area contributed by atoms with Gasteiger partial charge < -0.3 is 39.9 Å². The standard InChI is InChI=1S/C51H87O13P/c1-3-5-7-9-11-13-15-17-19-21-22-24-26-28-30-32-34-36-38-40-45(53)63-43(42-62-65(59,60)64-51-49(57)47(55)46(54)48(56)50(51)58)41-61-44(52)39-37-35-33-31-29-27-25-23-20-18-16-14-12-10-8-6-4-2/h6,8,11-14,17-20,22,24,43,46-51,54-58H,3-5,7,9-10,15-16,21,23,25-42H2,1-2H3,(H,59,60)/b8-6-,13-11-,14-12-,19-17-,20-18-,24-22-. The van der Waals surface area contributed by atoms with Gasteiger partial charge >= 0.3 is 19.8 Å². The molecule has 0 heterocycles. The fraction of sp³-hybridized carbons (Fsp3) is 0.725. The van der Waals surface area contributed by atoms with Crippen LogP contribution in [0.2, 0.25) is 0 Å². The molecule has 1 aliphatic carbocycles. The number of ether oxygens (including phenoxy) is 2. The van der Waals surface area contributed by atoms with Gasteiger partial charge in [0.1, 0.15) is 43.2 Å². The van der Waals surface area contributed by atoms with Crippen molar-refractivity contribution in [1.82, 2.24) is 0 Å². The van der Waals surface area contributed by atoms with Crippen LogP contribution in [0.3, 0.4) is 0 Å². The summed E-state index contributed by atoms with van der Waals surface area (Å²) in [6.45, 7) is 3.15. The lowest BCUT2D eigenvalue weighted by molar-refractivity contribution is -0.220. The number of rotatable bonds is 40. The van der Waals surface area contributed by atoms with Crippen LogP contribution in [-0.2, 0) is 32.7 Å². The van der Waals surface area contributed by atoms with Crippen molar-refractivity contribution in [2.24, 2.45) is 0 Å². The van der Waals surface area contributed by atoms with E-state index in [-0.39, 0.29) is 12.8 Å². The Morgan fingerprint density at radius 1 is 0.492 bits per heavy atom. The first-order chi connectivity index (χ1) is 31.4. The van der Waals surface area contributed by atoms with Crippen LogP contribution in [0.25, 0.3) is 0 Å². The fourth-order valence-electron chi connectivity index (χ4n) is 7.07. The first-order valence-corrected chi connectivity index (χ1v) is 26.2. The van der Waals surface area contributed by atoms with Gasteiger partial charge in [-0.1, -0.05) is 157 Å². The van der Waals surface area contributed by atoms with E-state index in [4.69, 9.17) is 18.5 Å². The monoisotopic (exact) mass is 939 g/mol. The molecule has 1 fully saturated rings. The van der Waals surface area contributed by atoms with Gasteiger partial charge in [0, 0.05) is 12.8 Å². The minimum atomic E-state index is -5.13. The van der Waals surface area contributed by atoms with Crippen LogP contribution < -0.4 is 0 Å². The normalized spacial score (nSPS) is 22.0. The zero-order valence-electron chi connectivity index (χ0n) is 39.8. The molecule has 1 saturated carbocycles. The van der Waals surface area contributed by atoms with Crippen molar-refractivity contribution >= 4 is 19.8 Å². The summed E-state index contributed by atoms with van der Waals surface area (Å²) < 4.78 is 33.6. The highest BCUT2D eigenvalue weighted by Gasteiger charge is 2.51. The number of aliphatic hydroxyl groups excluding tert-OH is 5. The van der Waals surface area contributed by atoms with Gasteiger partial charge in [-0.25, -0.2) is 4.57 Å². The van der Waals surface area contributed by atoms with Crippen LogP contribution in [0.4, 0.5) is 0 Å². The van der Waals surface area contributed by atoms with Crippen LogP contribution >= 0.6 is 7.82 Å². The maximum absolute atomic E-state index is 12.8. The van der Waals surface area contributed by atoms with Gasteiger partial charge in [-0.15, -0.1) is 0 Å². The minimum absolute atomic E-state index is 0.0763. The number of hydrogen-bond acceptors (Lipinski definition) is 12. The largest absolute Gasteiger partial charge is 0.472 e. The first kappa shape index (κ1) is 60.3. The average molecular weight is 939 g/mol. The molecule has 0 saturated heterocycles. The van der Waals surface area contributed by atoms with Crippen molar-refractivity contribution in [2.45, 2.75) is 224 Å². The van der Waals surface area contributed by atoms with Crippen LogP contribution in [-0.4, -0.2) is 98.3 Å². The second kappa shape index (κ2) is 40.4. The molecule has 13 nitrogen and oxygen atoms in total. The number of hydrogen-bond donors (Lipinski definition) is 6. The molecule has 1 aliphatic rings. The summed E-state index contributed by atoms with van der Waals surface area (Å²) in [7, 11) is -5.13. The molecule has 1 rings (SSSR count). The molecule has 65 heavy (non-hydrogen) atoms. The van der Waals surface area contributed by atoms with Crippen LogP contribution in [0.1, 0.15) is 181 Å². The van der Waals surface area contributed by atoms with E-state index in [1.165, 1.54) is 19.3 Å². The number of esters is 2. The van der Waals surface area contributed by atoms with E-state index in [0.29, 0.717) is 12.8 Å². The Labute approximate surface area is 391 Å². The van der Waals surface area contributed by atoms with E-state index >= 15 is 0 Å². The lowest BCUT2D eigenvalue weighted by Crippen LogP contribution is -2.64. The number of carbonyl (C=O) groups excluding carboxylic acids is 2. The van der Waals surface area contributed by atoms with E-state index < -0.39 is 75.7 Å². The molecule has 0 aromatic carbocycles. The number of phosphoric ester groups is 1. The molecular formula is C51H87O13P. The van der Waals surface area contributed by atoms with E-state index in [0.717, 1.165) is 122 Å². The maximum atomic E-state index is 12.8. The summed E-state index contributed by atoms with van der Waals surface area (Å²) in [4.78, 5) is 35.8. The van der Waals surface area contributed by atoms with Gasteiger partial charge in [-0.05, 0) is 83.5 Å². The molecule has 6 N–H and O–H groups in total. The second-order valence-corrected chi connectivity index (χ2v) is 18.3. The van der Waals surface area contributed by atoms with E-state index in [9.17, 15) is 44.6 Å². The molecule has 0 bridgehead atoms. The zero-order chi connectivity index (χ0) is 47.8. The molecule has 0 aliphatic heterocycles. The Hall–Kier alpha value is -2.71. The van der Waals surface area contributed by atoms with Gasteiger partial charge in [0.15, 0.2) is 6.10 Å². The molecule has 0 radical (unpaired) electrons. The van der Waals surface area contributed by atoms with Crippen molar-refractivity contribution < 1.29 is 63.1 Å². The summed E-state index contributed by atoms with van der Waals surface area (Å²) in [6.07, 6.45) is 38.0. The van der Waals surface area contributed by atoms with Gasteiger partial charge in [0.25, 0.3) is 0 Å². The molecule has 6 atom stereocenters. The molecule has 0 aromatic heterocycles. The predicted molar refractivity (Wildman–Crippen MR) is 258 cm³/mol. The molecule has 374 valence electrons. The first-order valence-electron chi connectivity index (χ1n) is 24.7. The molecule has 0 amide bonds. The summed E-state index contributed by atoms with van der Waals surface area (Å²) in [5.74, 6) is -1.13. The molecular weight excluding hydrogens is 852 g/mol. The zero-order valence-corrected chi connectivity index (χ0v) is 40.7. The van der Waals surface area contributed by atoms with Gasteiger partial charge in [0.05, 0.1) is 6.61 Å². The van der Waals surface area contributed by atoms with Crippen molar-refractivity contribution in [2.75, 3.05) is 13.2 Å². The number of phosphoric acid groups is 1.